The molecule has 0 radical (unpaired) electrons. The number of hydrogen-bond donors (Lipinski definition) is 2. The second-order valence-corrected chi connectivity index (χ2v) is 7.63. The lowest BCUT2D eigenvalue weighted by atomic mass is 9.99. The molecule has 8 heteroatoms. The van der Waals surface area contributed by atoms with Crippen molar-refractivity contribution in [3.63, 3.8) is 0 Å². The highest BCUT2D eigenvalue weighted by molar-refractivity contribution is 14.0. The Balaban J connectivity index is 0.00000288. The summed E-state index contributed by atoms with van der Waals surface area (Å²) in [5, 5.41) is 8.02. The lowest BCUT2D eigenvalue weighted by Gasteiger charge is -2.36. The largest absolute Gasteiger partial charge is 0.381 e. The third kappa shape index (κ3) is 6.44. The molecule has 0 unspecified atom stereocenters. The number of thioether (sulfide) groups is 1. The summed E-state index contributed by atoms with van der Waals surface area (Å²) in [7, 11) is 1.77. The van der Waals surface area contributed by atoms with Gasteiger partial charge in [0.1, 0.15) is 0 Å². The molecule has 2 N–H and O–H groups in total. The minimum atomic E-state index is 0. The Hall–Kier alpha value is 0.110. The van der Waals surface area contributed by atoms with Crippen LogP contribution in [0.15, 0.2) is 23.2 Å². The van der Waals surface area contributed by atoms with E-state index in [0.717, 1.165) is 44.1 Å². The Morgan fingerprint density at radius 3 is 2.58 bits per heavy atom. The van der Waals surface area contributed by atoms with Gasteiger partial charge in [-0.25, -0.2) is 0 Å². The van der Waals surface area contributed by atoms with Crippen LogP contribution in [0.1, 0.15) is 18.4 Å². The third-order valence-corrected chi connectivity index (χ3v) is 6.11. The predicted molar refractivity (Wildman–Crippen MR) is 116 cm³/mol. The van der Waals surface area contributed by atoms with E-state index in [1.165, 1.54) is 0 Å². The fourth-order valence-electron chi connectivity index (χ4n) is 2.51. The van der Waals surface area contributed by atoms with Gasteiger partial charge in [-0.15, -0.1) is 24.0 Å². The fraction of sp³-hybridized carbons (Fsp3) is 0.562. The molecule has 24 heavy (non-hydrogen) atoms. The van der Waals surface area contributed by atoms with Gasteiger partial charge in [0.25, 0.3) is 0 Å². The van der Waals surface area contributed by atoms with Crippen molar-refractivity contribution in [3.8, 4) is 0 Å². The number of benzene rings is 1. The summed E-state index contributed by atoms with van der Waals surface area (Å²) in [6.07, 6.45) is 4.28. The van der Waals surface area contributed by atoms with Crippen LogP contribution in [0.5, 0.6) is 0 Å². The molecule has 1 aliphatic rings. The van der Waals surface area contributed by atoms with Gasteiger partial charge in [0.15, 0.2) is 5.96 Å². The van der Waals surface area contributed by atoms with E-state index in [0.29, 0.717) is 16.6 Å². The first-order chi connectivity index (χ1) is 11.1. The highest BCUT2D eigenvalue weighted by Crippen LogP contribution is 2.32. The maximum Gasteiger partial charge on any atom is 0.191 e. The molecular formula is C16H24Cl2IN3OS. The van der Waals surface area contributed by atoms with Gasteiger partial charge in [-0.3, -0.25) is 4.99 Å². The van der Waals surface area contributed by atoms with Gasteiger partial charge < -0.3 is 15.4 Å². The van der Waals surface area contributed by atoms with E-state index in [-0.39, 0.29) is 28.7 Å². The minimum absolute atomic E-state index is 0. The number of nitrogens with one attached hydrogen (secondary N) is 2. The summed E-state index contributed by atoms with van der Waals surface area (Å²) in [6, 6.07) is 5.51. The number of halogens is 3. The molecule has 0 spiro atoms. The summed E-state index contributed by atoms with van der Waals surface area (Å²) < 4.78 is 5.69. The van der Waals surface area contributed by atoms with Gasteiger partial charge in [0, 0.05) is 48.1 Å². The van der Waals surface area contributed by atoms with Gasteiger partial charge in [-0.1, -0.05) is 29.3 Å². The Morgan fingerprint density at radius 2 is 2.00 bits per heavy atom. The van der Waals surface area contributed by atoms with E-state index in [9.17, 15) is 0 Å². The molecule has 136 valence electrons. The summed E-state index contributed by atoms with van der Waals surface area (Å²) in [5.41, 5.74) is 0.990. The maximum absolute atomic E-state index is 6.20. The van der Waals surface area contributed by atoms with E-state index < -0.39 is 0 Å². The molecule has 0 aromatic heterocycles. The molecule has 0 amide bonds. The second-order valence-electron chi connectivity index (χ2n) is 5.51. The minimum Gasteiger partial charge on any atom is -0.381 e. The van der Waals surface area contributed by atoms with Crippen molar-refractivity contribution in [3.05, 3.63) is 33.8 Å². The highest BCUT2D eigenvalue weighted by Gasteiger charge is 2.31. The number of ether oxygens (including phenoxy) is 1. The average molecular weight is 504 g/mol. The van der Waals surface area contributed by atoms with Gasteiger partial charge >= 0.3 is 0 Å². The number of guanidine groups is 1. The van der Waals surface area contributed by atoms with Crippen LogP contribution in [0.25, 0.3) is 0 Å². The van der Waals surface area contributed by atoms with E-state index in [1.807, 2.05) is 23.9 Å². The molecule has 0 atom stereocenters. The van der Waals surface area contributed by atoms with E-state index in [1.54, 1.807) is 13.1 Å². The van der Waals surface area contributed by atoms with Crippen molar-refractivity contribution >= 4 is 64.9 Å². The number of nitrogens with zero attached hydrogens (tertiary/aromatic N) is 1. The van der Waals surface area contributed by atoms with E-state index in [2.05, 4.69) is 21.9 Å². The van der Waals surface area contributed by atoms with Crippen LogP contribution in [0, 0.1) is 0 Å². The summed E-state index contributed by atoms with van der Waals surface area (Å²) in [4.78, 5) is 4.28. The first kappa shape index (κ1) is 22.2. The second kappa shape index (κ2) is 11.0. The first-order valence-corrected chi connectivity index (χ1v) is 9.58. The SMILES string of the molecule is CN=C(NCc1ccc(Cl)cc1Cl)NCC1(SC)CCOCC1.I. The lowest BCUT2D eigenvalue weighted by molar-refractivity contribution is 0.0783. The third-order valence-electron chi connectivity index (χ3n) is 4.10. The molecule has 2 rings (SSSR count). The zero-order valence-corrected chi connectivity index (χ0v) is 18.6. The maximum atomic E-state index is 6.20. The zero-order chi connectivity index (χ0) is 16.7. The monoisotopic (exact) mass is 503 g/mol. The predicted octanol–water partition coefficient (Wildman–Crippen LogP) is 4.19. The quantitative estimate of drug-likeness (QED) is 0.359. The van der Waals surface area contributed by atoms with Crippen molar-refractivity contribution in [2.24, 2.45) is 4.99 Å². The van der Waals surface area contributed by atoms with Gasteiger partial charge in [0.05, 0.1) is 0 Å². The molecule has 0 bridgehead atoms. The number of hydrogen-bond acceptors (Lipinski definition) is 3. The van der Waals surface area contributed by atoms with Crippen LogP contribution in [-0.2, 0) is 11.3 Å². The molecule has 1 saturated heterocycles. The Bertz CT molecular complexity index is 554. The van der Waals surface area contributed by atoms with Crippen LogP contribution in [-0.4, -0.2) is 43.8 Å². The topological polar surface area (TPSA) is 45.7 Å². The molecule has 1 aromatic carbocycles. The lowest BCUT2D eigenvalue weighted by Crippen LogP contribution is -2.47. The number of rotatable bonds is 5. The first-order valence-electron chi connectivity index (χ1n) is 7.60. The van der Waals surface area contributed by atoms with E-state index in [4.69, 9.17) is 27.9 Å². The number of aliphatic imine (C=N–C) groups is 1. The van der Waals surface area contributed by atoms with Crippen molar-refractivity contribution in [1.29, 1.82) is 0 Å². The molecule has 1 heterocycles. The van der Waals surface area contributed by atoms with Crippen LogP contribution < -0.4 is 10.6 Å². The standard InChI is InChI=1S/C16H23Cl2N3OS.HI/c1-19-15(20-10-12-3-4-13(17)9-14(12)18)21-11-16(23-2)5-7-22-8-6-16;/h3-4,9H,5-8,10-11H2,1-2H3,(H2,19,20,21);1H. The Morgan fingerprint density at radius 1 is 1.29 bits per heavy atom. The van der Waals surface area contributed by atoms with Crippen molar-refractivity contribution < 1.29 is 4.74 Å². The van der Waals surface area contributed by atoms with Crippen LogP contribution in [0.3, 0.4) is 0 Å². The molecule has 1 aliphatic heterocycles. The zero-order valence-electron chi connectivity index (χ0n) is 13.9. The molecule has 1 aromatic rings. The molecule has 1 fully saturated rings. The van der Waals surface area contributed by atoms with E-state index >= 15 is 0 Å². The van der Waals surface area contributed by atoms with Crippen LogP contribution in [0.4, 0.5) is 0 Å². The Labute approximate surface area is 175 Å². The molecule has 4 nitrogen and oxygen atoms in total. The summed E-state index contributed by atoms with van der Waals surface area (Å²) in [5.74, 6) is 0.774. The highest BCUT2D eigenvalue weighted by atomic mass is 127. The molecule has 0 aliphatic carbocycles. The normalized spacial score (nSPS) is 17.1. The van der Waals surface area contributed by atoms with Crippen LogP contribution in [0.2, 0.25) is 10.0 Å². The smallest absolute Gasteiger partial charge is 0.191 e. The van der Waals surface area contributed by atoms with Gasteiger partial charge in [-0.2, -0.15) is 11.8 Å². The summed E-state index contributed by atoms with van der Waals surface area (Å²) in [6.45, 7) is 3.13. The van der Waals surface area contributed by atoms with Crippen molar-refractivity contribution in [2.45, 2.75) is 24.1 Å². The molecular weight excluding hydrogens is 480 g/mol. The summed E-state index contributed by atoms with van der Waals surface area (Å²) >= 11 is 14.0. The van der Waals surface area contributed by atoms with Crippen molar-refractivity contribution in [1.82, 2.24) is 10.6 Å². The molecule has 0 saturated carbocycles. The van der Waals surface area contributed by atoms with Gasteiger partial charge in [-0.05, 0) is 36.8 Å². The van der Waals surface area contributed by atoms with Gasteiger partial charge in [0.2, 0.25) is 0 Å². The van der Waals surface area contributed by atoms with Crippen molar-refractivity contribution in [2.75, 3.05) is 33.1 Å². The van der Waals surface area contributed by atoms with Crippen LogP contribution >= 0.6 is 58.9 Å². The fourth-order valence-corrected chi connectivity index (χ4v) is 3.77. The Kier molecular flexibility index (Phi) is 10.1. The average Bonchev–Trinajstić information content (AvgIpc) is 2.57.